The number of likely N-dealkylation sites (tertiary alicyclic amines) is 2. The van der Waals surface area contributed by atoms with Gasteiger partial charge in [-0.3, -0.25) is 14.4 Å². The number of hydrogen-bond acceptors (Lipinski definition) is 5. The van der Waals surface area contributed by atoms with Crippen molar-refractivity contribution in [3.8, 4) is 0 Å². The Kier molecular flexibility index (Phi) is 5.80. The van der Waals surface area contributed by atoms with Gasteiger partial charge in [-0.1, -0.05) is 12.1 Å². The summed E-state index contributed by atoms with van der Waals surface area (Å²) >= 11 is 0. The first-order chi connectivity index (χ1) is 15.1. The number of benzene rings is 1. The Morgan fingerprint density at radius 3 is 2.13 bits per heavy atom. The number of carbonyl (C=O) groups excluding carboxylic acids is 3. The molecule has 0 spiro atoms. The van der Waals surface area contributed by atoms with E-state index in [2.05, 4.69) is 21.9 Å². The van der Waals surface area contributed by atoms with Gasteiger partial charge in [0.05, 0.1) is 6.54 Å². The highest BCUT2D eigenvalue weighted by molar-refractivity contribution is 6.04. The molecule has 0 saturated carbocycles. The maximum absolute atomic E-state index is 12.9. The number of fused-ring (bicyclic) bond motifs is 1. The van der Waals surface area contributed by atoms with E-state index in [0.29, 0.717) is 37.3 Å². The molecule has 4 aliphatic rings. The fourth-order valence-corrected chi connectivity index (χ4v) is 5.53. The monoisotopic (exact) mass is 424 g/mol. The van der Waals surface area contributed by atoms with Gasteiger partial charge in [-0.15, -0.1) is 0 Å². The van der Waals surface area contributed by atoms with Crippen LogP contribution in [0.5, 0.6) is 0 Å². The number of carbonyl (C=O) groups is 3. The molecule has 5 rings (SSSR count). The van der Waals surface area contributed by atoms with Gasteiger partial charge in [0, 0.05) is 31.5 Å². The van der Waals surface area contributed by atoms with Crippen LogP contribution in [0, 0.1) is 0 Å². The Morgan fingerprint density at radius 2 is 1.45 bits per heavy atom. The number of hydrogen-bond donors (Lipinski definition) is 0. The molecule has 0 radical (unpaired) electrons. The van der Waals surface area contributed by atoms with Gasteiger partial charge in [0.1, 0.15) is 0 Å². The number of nitrogens with zero attached hydrogens (tertiary/aromatic N) is 4. The molecule has 3 saturated heterocycles. The van der Waals surface area contributed by atoms with Gasteiger partial charge in [0.15, 0.2) is 0 Å². The summed E-state index contributed by atoms with van der Waals surface area (Å²) in [4.78, 5) is 42.6. The van der Waals surface area contributed by atoms with Crippen LogP contribution in [0.25, 0.3) is 0 Å². The molecule has 0 N–H and O–H groups in total. The lowest BCUT2D eigenvalue weighted by molar-refractivity contribution is -0.163. The van der Waals surface area contributed by atoms with Crippen LogP contribution in [-0.4, -0.2) is 76.8 Å². The summed E-state index contributed by atoms with van der Waals surface area (Å²) < 4.78 is 0. The fourth-order valence-electron chi connectivity index (χ4n) is 5.53. The summed E-state index contributed by atoms with van der Waals surface area (Å²) in [6.07, 6.45) is 6.20. The van der Waals surface area contributed by atoms with Gasteiger partial charge < -0.3 is 9.80 Å². The van der Waals surface area contributed by atoms with Crippen molar-refractivity contribution in [3.05, 3.63) is 34.9 Å². The SMILES string of the molecule is O=C1c2ccc(C3CCN(CCN4CCCC4)CC3)cc2CN1N1C(=O)CCCC1=O. The third-order valence-corrected chi connectivity index (χ3v) is 7.40. The van der Waals surface area contributed by atoms with E-state index in [1.54, 1.807) is 0 Å². The molecule has 1 aromatic rings. The van der Waals surface area contributed by atoms with Crippen molar-refractivity contribution in [2.75, 3.05) is 39.3 Å². The second-order valence-electron chi connectivity index (χ2n) is 9.40. The predicted molar refractivity (Wildman–Crippen MR) is 116 cm³/mol. The van der Waals surface area contributed by atoms with Crippen LogP contribution < -0.4 is 0 Å². The van der Waals surface area contributed by atoms with E-state index in [9.17, 15) is 14.4 Å². The van der Waals surface area contributed by atoms with Gasteiger partial charge in [-0.2, -0.15) is 5.01 Å². The van der Waals surface area contributed by atoms with E-state index in [1.807, 2.05) is 6.07 Å². The zero-order chi connectivity index (χ0) is 21.4. The third-order valence-electron chi connectivity index (χ3n) is 7.40. The smallest absolute Gasteiger partial charge is 0.273 e. The van der Waals surface area contributed by atoms with Crippen LogP contribution >= 0.6 is 0 Å². The molecular formula is C24H32N4O3. The van der Waals surface area contributed by atoms with Gasteiger partial charge in [0.25, 0.3) is 5.91 Å². The van der Waals surface area contributed by atoms with Crippen molar-refractivity contribution < 1.29 is 14.4 Å². The first-order valence-corrected chi connectivity index (χ1v) is 11.9. The van der Waals surface area contributed by atoms with Crippen LogP contribution in [0.1, 0.15) is 72.3 Å². The Balaban J connectivity index is 1.20. The number of imide groups is 1. The molecule has 7 heteroatoms. The summed E-state index contributed by atoms with van der Waals surface area (Å²) in [6, 6.07) is 6.10. The molecule has 0 bridgehead atoms. The minimum atomic E-state index is -0.265. The summed E-state index contributed by atoms with van der Waals surface area (Å²) in [6.45, 7) is 7.43. The summed E-state index contributed by atoms with van der Waals surface area (Å²) in [5, 5.41) is 2.43. The summed E-state index contributed by atoms with van der Waals surface area (Å²) in [7, 11) is 0. The number of rotatable bonds is 5. The van der Waals surface area contributed by atoms with Crippen molar-refractivity contribution in [3.63, 3.8) is 0 Å². The Hall–Kier alpha value is -2.25. The van der Waals surface area contributed by atoms with E-state index < -0.39 is 0 Å². The van der Waals surface area contributed by atoms with E-state index in [0.717, 1.165) is 43.0 Å². The highest BCUT2D eigenvalue weighted by Crippen LogP contribution is 2.33. The van der Waals surface area contributed by atoms with Crippen LogP contribution in [0.15, 0.2) is 18.2 Å². The zero-order valence-corrected chi connectivity index (χ0v) is 18.2. The minimum Gasteiger partial charge on any atom is -0.302 e. The second kappa shape index (κ2) is 8.71. The van der Waals surface area contributed by atoms with Crippen LogP contribution in [0.4, 0.5) is 0 Å². The molecule has 31 heavy (non-hydrogen) atoms. The lowest BCUT2D eigenvalue weighted by Gasteiger charge is -2.33. The largest absolute Gasteiger partial charge is 0.302 e. The van der Waals surface area contributed by atoms with Gasteiger partial charge in [0.2, 0.25) is 11.8 Å². The predicted octanol–water partition coefficient (Wildman–Crippen LogP) is 2.37. The Labute approximate surface area is 183 Å². The molecule has 3 amide bonds. The molecular weight excluding hydrogens is 392 g/mol. The maximum atomic E-state index is 12.9. The number of piperidine rings is 2. The van der Waals surface area contributed by atoms with E-state index in [-0.39, 0.29) is 17.7 Å². The first-order valence-electron chi connectivity index (χ1n) is 11.9. The fraction of sp³-hybridized carbons (Fsp3) is 0.625. The molecule has 7 nitrogen and oxygen atoms in total. The van der Waals surface area contributed by atoms with Crippen LogP contribution in [0.2, 0.25) is 0 Å². The van der Waals surface area contributed by atoms with E-state index >= 15 is 0 Å². The average Bonchev–Trinajstić information content (AvgIpc) is 3.41. The number of hydrazine groups is 1. The molecule has 0 atom stereocenters. The standard InChI is InChI=1S/C24H32N4O3/c29-22-4-3-5-23(30)28(22)27-17-20-16-19(6-7-21(20)24(27)31)18-8-12-26(13-9-18)15-14-25-10-1-2-11-25/h6-7,16,18H,1-5,8-15,17H2. The Bertz CT molecular complexity index is 856. The van der Waals surface area contributed by atoms with Gasteiger partial charge in [-0.25, -0.2) is 5.01 Å². The maximum Gasteiger partial charge on any atom is 0.273 e. The second-order valence-corrected chi connectivity index (χ2v) is 9.40. The van der Waals surface area contributed by atoms with Crippen molar-refractivity contribution in [2.24, 2.45) is 0 Å². The Morgan fingerprint density at radius 1 is 0.806 bits per heavy atom. The quantitative estimate of drug-likeness (QED) is 0.679. The van der Waals surface area contributed by atoms with Crippen LogP contribution in [0.3, 0.4) is 0 Å². The summed E-state index contributed by atoms with van der Waals surface area (Å²) in [5.74, 6) is -0.254. The van der Waals surface area contributed by atoms with Crippen molar-refractivity contribution in [1.29, 1.82) is 0 Å². The van der Waals surface area contributed by atoms with Crippen molar-refractivity contribution >= 4 is 17.7 Å². The van der Waals surface area contributed by atoms with Gasteiger partial charge >= 0.3 is 0 Å². The third kappa shape index (κ3) is 4.13. The van der Waals surface area contributed by atoms with Crippen molar-refractivity contribution in [2.45, 2.75) is 57.4 Å². The molecule has 0 unspecified atom stereocenters. The highest BCUT2D eigenvalue weighted by Gasteiger charge is 2.39. The number of amides is 3. The molecule has 0 aromatic heterocycles. The normalized spacial score (nSPS) is 23.8. The molecule has 1 aromatic carbocycles. The summed E-state index contributed by atoms with van der Waals surface area (Å²) in [5.41, 5.74) is 2.84. The lowest BCUT2D eigenvalue weighted by Crippen LogP contribution is -2.51. The molecule has 3 fully saturated rings. The minimum absolute atomic E-state index is 0.234. The first kappa shape index (κ1) is 20.6. The van der Waals surface area contributed by atoms with Crippen LogP contribution in [-0.2, 0) is 16.1 Å². The molecule has 166 valence electrons. The topological polar surface area (TPSA) is 64.2 Å². The highest BCUT2D eigenvalue weighted by atomic mass is 16.2. The average molecular weight is 425 g/mol. The zero-order valence-electron chi connectivity index (χ0n) is 18.2. The molecule has 4 heterocycles. The van der Waals surface area contributed by atoms with E-state index in [1.165, 1.54) is 43.0 Å². The van der Waals surface area contributed by atoms with E-state index in [4.69, 9.17) is 0 Å². The van der Waals surface area contributed by atoms with Gasteiger partial charge in [-0.05, 0) is 81.4 Å². The lowest BCUT2D eigenvalue weighted by atomic mass is 9.88. The van der Waals surface area contributed by atoms with Crippen molar-refractivity contribution in [1.82, 2.24) is 19.8 Å². The molecule has 0 aliphatic carbocycles. The molecule has 4 aliphatic heterocycles.